The van der Waals surface area contributed by atoms with Crippen molar-refractivity contribution < 1.29 is 9.90 Å². The first-order valence-electron chi connectivity index (χ1n) is 6.46. The molecule has 0 spiro atoms. The molecule has 0 aliphatic carbocycles. The second-order valence-electron chi connectivity index (χ2n) is 4.88. The third-order valence-electron chi connectivity index (χ3n) is 3.60. The van der Waals surface area contributed by atoms with Gasteiger partial charge in [-0.2, -0.15) is 0 Å². The summed E-state index contributed by atoms with van der Waals surface area (Å²) in [5.74, 6) is 0.177. The van der Waals surface area contributed by atoms with Crippen LogP contribution in [-0.2, 0) is 17.8 Å². The number of anilines is 1. The molecule has 1 unspecified atom stereocenters. The van der Waals surface area contributed by atoms with Crippen LogP contribution in [0.5, 0.6) is 5.75 Å². The van der Waals surface area contributed by atoms with E-state index >= 15 is 0 Å². The summed E-state index contributed by atoms with van der Waals surface area (Å²) in [7, 11) is 1.73. The maximum Gasteiger partial charge on any atom is 0.244 e. The first kappa shape index (κ1) is 12.7. The van der Waals surface area contributed by atoms with Crippen LogP contribution in [0.25, 0.3) is 0 Å². The molecule has 6 nitrogen and oxygen atoms in total. The first-order valence-corrected chi connectivity index (χ1v) is 6.46. The van der Waals surface area contributed by atoms with Crippen molar-refractivity contribution in [2.75, 3.05) is 11.9 Å². The average Bonchev–Trinajstić information content (AvgIpc) is 2.94. The number of imidazole rings is 1. The van der Waals surface area contributed by atoms with E-state index in [0.717, 1.165) is 17.1 Å². The number of hydrogen-bond donors (Lipinski definition) is 3. The molecule has 20 heavy (non-hydrogen) atoms. The van der Waals surface area contributed by atoms with Gasteiger partial charge in [-0.05, 0) is 24.3 Å². The number of amides is 1. The Morgan fingerprint density at radius 2 is 2.15 bits per heavy atom. The maximum absolute atomic E-state index is 12.5. The zero-order valence-electron chi connectivity index (χ0n) is 11.1. The van der Waals surface area contributed by atoms with Crippen molar-refractivity contribution in [2.24, 2.45) is 0 Å². The number of carbonyl (C=O) groups excluding carboxylic acids is 1. The Morgan fingerprint density at radius 1 is 1.40 bits per heavy atom. The Morgan fingerprint density at radius 3 is 2.90 bits per heavy atom. The van der Waals surface area contributed by atoms with Crippen LogP contribution in [0.4, 0.5) is 5.69 Å². The van der Waals surface area contributed by atoms with Crippen molar-refractivity contribution in [3.63, 3.8) is 0 Å². The van der Waals surface area contributed by atoms with Gasteiger partial charge in [0.2, 0.25) is 5.91 Å². The van der Waals surface area contributed by atoms with Crippen LogP contribution in [0.15, 0.2) is 30.6 Å². The minimum atomic E-state index is -0.274. The topological polar surface area (TPSA) is 81.2 Å². The van der Waals surface area contributed by atoms with E-state index in [4.69, 9.17) is 0 Å². The van der Waals surface area contributed by atoms with Crippen molar-refractivity contribution in [1.82, 2.24) is 15.3 Å². The molecule has 2 aromatic rings. The lowest BCUT2D eigenvalue weighted by atomic mass is 10.0. The number of H-pyrrole nitrogens is 1. The predicted molar refractivity (Wildman–Crippen MR) is 74.4 cm³/mol. The van der Waals surface area contributed by atoms with E-state index in [1.807, 2.05) is 0 Å². The van der Waals surface area contributed by atoms with E-state index in [0.29, 0.717) is 13.0 Å². The Hall–Kier alpha value is -2.34. The lowest BCUT2D eigenvalue weighted by molar-refractivity contribution is -0.120. The number of aromatic nitrogens is 2. The van der Waals surface area contributed by atoms with Gasteiger partial charge in [0.25, 0.3) is 0 Å². The molecule has 0 fully saturated rings. The number of likely N-dealkylation sites (N-methyl/N-ethyl adjacent to an activating group) is 1. The van der Waals surface area contributed by atoms with Gasteiger partial charge in [0, 0.05) is 25.7 Å². The number of carbonyl (C=O) groups is 1. The van der Waals surface area contributed by atoms with Crippen molar-refractivity contribution >= 4 is 11.6 Å². The van der Waals surface area contributed by atoms with E-state index in [1.165, 1.54) is 0 Å². The molecule has 104 valence electrons. The van der Waals surface area contributed by atoms with Crippen LogP contribution in [-0.4, -0.2) is 34.1 Å². The number of phenols is 1. The van der Waals surface area contributed by atoms with Gasteiger partial charge in [-0.1, -0.05) is 0 Å². The Balaban J connectivity index is 1.74. The van der Waals surface area contributed by atoms with Gasteiger partial charge in [-0.25, -0.2) is 4.98 Å². The number of hydrogen-bond acceptors (Lipinski definition) is 4. The number of fused-ring (bicyclic) bond motifs is 1. The molecule has 0 saturated heterocycles. The zero-order chi connectivity index (χ0) is 14.1. The third kappa shape index (κ3) is 2.25. The molecular formula is C14H16N4O2. The smallest absolute Gasteiger partial charge is 0.244 e. The summed E-state index contributed by atoms with van der Waals surface area (Å²) in [5, 5.41) is 12.5. The number of aromatic hydroxyl groups is 1. The Kier molecular flexibility index (Phi) is 3.15. The fraction of sp³-hybridized carbons (Fsp3) is 0.286. The predicted octanol–water partition coefficient (Wildman–Crippen LogP) is 0.793. The number of phenolic OH excluding ortho intramolecular Hbond substituents is 1. The van der Waals surface area contributed by atoms with E-state index in [1.54, 1.807) is 42.5 Å². The number of nitrogens with zero attached hydrogens (tertiary/aromatic N) is 2. The second kappa shape index (κ2) is 4.97. The summed E-state index contributed by atoms with van der Waals surface area (Å²) in [4.78, 5) is 21.4. The van der Waals surface area contributed by atoms with E-state index in [2.05, 4.69) is 15.3 Å². The van der Waals surface area contributed by atoms with E-state index < -0.39 is 0 Å². The molecule has 3 N–H and O–H groups in total. The first-order chi connectivity index (χ1) is 9.65. The number of nitrogens with one attached hydrogen (secondary N) is 2. The van der Waals surface area contributed by atoms with Crippen molar-refractivity contribution in [3.05, 3.63) is 42.0 Å². The fourth-order valence-electron chi connectivity index (χ4n) is 2.38. The SMILES string of the molecule is CN(C(=O)C1Cc2nc[nH]c2CN1)c1ccc(O)cc1. The van der Waals surface area contributed by atoms with Crippen molar-refractivity contribution in [2.45, 2.75) is 19.0 Å². The molecule has 0 saturated carbocycles. The molecule has 2 heterocycles. The normalized spacial score (nSPS) is 17.6. The molecule has 1 atom stereocenters. The molecular weight excluding hydrogens is 256 g/mol. The summed E-state index contributed by atoms with van der Waals surface area (Å²) in [6, 6.07) is 6.30. The van der Waals surface area contributed by atoms with Gasteiger partial charge < -0.3 is 15.0 Å². The number of rotatable bonds is 2. The summed E-state index contributed by atoms with van der Waals surface area (Å²) in [5.41, 5.74) is 2.74. The fourth-order valence-corrected chi connectivity index (χ4v) is 2.38. The number of aromatic amines is 1. The molecule has 0 bridgehead atoms. The second-order valence-corrected chi connectivity index (χ2v) is 4.88. The summed E-state index contributed by atoms with van der Waals surface area (Å²) < 4.78 is 0. The van der Waals surface area contributed by atoms with Gasteiger partial charge in [0.05, 0.1) is 23.8 Å². The van der Waals surface area contributed by atoms with E-state index in [9.17, 15) is 9.90 Å². The van der Waals surface area contributed by atoms with E-state index in [-0.39, 0.29) is 17.7 Å². The largest absolute Gasteiger partial charge is 0.508 e. The molecule has 1 aliphatic heterocycles. The van der Waals surface area contributed by atoms with Crippen LogP contribution in [0.1, 0.15) is 11.4 Å². The highest BCUT2D eigenvalue weighted by Gasteiger charge is 2.28. The molecule has 6 heteroatoms. The Labute approximate surface area is 116 Å². The molecule has 1 aliphatic rings. The van der Waals surface area contributed by atoms with Crippen LogP contribution >= 0.6 is 0 Å². The van der Waals surface area contributed by atoms with Gasteiger partial charge in [-0.3, -0.25) is 10.1 Å². The molecule has 1 aromatic carbocycles. The Bertz CT molecular complexity index is 620. The molecule has 1 aromatic heterocycles. The minimum Gasteiger partial charge on any atom is -0.508 e. The molecule has 3 rings (SSSR count). The van der Waals surface area contributed by atoms with Crippen molar-refractivity contribution in [1.29, 1.82) is 0 Å². The maximum atomic E-state index is 12.5. The quantitative estimate of drug-likeness (QED) is 0.755. The summed E-state index contributed by atoms with van der Waals surface area (Å²) in [6.07, 6.45) is 2.24. The lowest BCUT2D eigenvalue weighted by Crippen LogP contribution is -2.48. The highest BCUT2D eigenvalue weighted by atomic mass is 16.3. The van der Waals surface area contributed by atoms with Gasteiger partial charge in [0.15, 0.2) is 0 Å². The average molecular weight is 272 g/mol. The van der Waals surface area contributed by atoms with Crippen LogP contribution < -0.4 is 10.2 Å². The van der Waals surface area contributed by atoms with Gasteiger partial charge in [0.1, 0.15) is 5.75 Å². The van der Waals surface area contributed by atoms with Crippen LogP contribution in [0.2, 0.25) is 0 Å². The van der Waals surface area contributed by atoms with Crippen LogP contribution in [0, 0.1) is 0 Å². The minimum absolute atomic E-state index is 0.00987. The monoisotopic (exact) mass is 272 g/mol. The van der Waals surface area contributed by atoms with Gasteiger partial charge >= 0.3 is 0 Å². The highest BCUT2D eigenvalue weighted by molar-refractivity contribution is 5.97. The van der Waals surface area contributed by atoms with Gasteiger partial charge in [-0.15, -0.1) is 0 Å². The molecule has 1 amide bonds. The summed E-state index contributed by atoms with van der Waals surface area (Å²) >= 11 is 0. The van der Waals surface area contributed by atoms with Crippen molar-refractivity contribution in [3.8, 4) is 5.75 Å². The lowest BCUT2D eigenvalue weighted by Gasteiger charge is -2.27. The standard InChI is InChI=1S/C14H16N4O2/c1-18(9-2-4-10(19)5-3-9)14(20)12-6-11-13(7-15-12)17-8-16-11/h2-5,8,12,15,19H,6-7H2,1H3,(H,16,17). The zero-order valence-corrected chi connectivity index (χ0v) is 11.1. The highest BCUT2D eigenvalue weighted by Crippen LogP contribution is 2.20. The third-order valence-corrected chi connectivity index (χ3v) is 3.60. The van der Waals surface area contributed by atoms with Crippen LogP contribution in [0.3, 0.4) is 0 Å². The molecule has 0 radical (unpaired) electrons. The number of benzene rings is 1. The summed E-state index contributed by atoms with van der Waals surface area (Å²) in [6.45, 7) is 0.620.